The van der Waals surface area contributed by atoms with Crippen molar-refractivity contribution in [2.24, 2.45) is 17.8 Å². The monoisotopic (exact) mass is 245 g/mol. The first-order valence-electron chi connectivity index (χ1n) is 7.53. The van der Waals surface area contributed by atoms with Gasteiger partial charge in [0, 0.05) is 12.2 Å². The van der Waals surface area contributed by atoms with E-state index < -0.39 is 0 Å². The van der Waals surface area contributed by atoms with Crippen LogP contribution in [0.5, 0.6) is 0 Å². The Hall–Kier alpha value is -0.830. The predicted molar refractivity (Wildman–Crippen MR) is 71.5 cm³/mol. The van der Waals surface area contributed by atoms with Crippen molar-refractivity contribution >= 4 is 0 Å². The molecule has 1 N–H and O–H groups in total. The zero-order chi connectivity index (χ0) is 12.1. The van der Waals surface area contributed by atoms with Crippen molar-refractivity contribution in [1.29, 1.82) is 0 Å². The minimum Gasteiger partial charge on any atom is -0.306 e. The minimum atomic E-state index is 0.881. The van der Waals surface area contributed by atoms with Crippen LogP contribution in [-0.2, 0) is 19.3 Å². The third-order valence-electron chi connectivity index (χ3n) is 5.24. The maximum Gasteiger partial charge on any atom is 0.0659 e. The van der Waals surface area contributed by atoms with E-state index in [2.05, 4.69) is 22.1 Å². The van der Waals surface area contributed by atoms with Crippen LogP contribution in [0.3, 0.4) is 0 Å². The Labute approximate surface area is 109 Å². The van der Waals surface area contributed by atoms with E-state index in [1.165, 1.54) is 63.0 Å². The van der Waals surface area contributed by atoms with E-state index in [4.69, 9.17) is 0 Å². The van der Waals surface area contributed by atoms with Gasteiger partial charge in [-0.1, -0.05) is 0 Å². The summed E-state index contributed by atoms with van der Waals surface area (Å²) >= 11 is 0. The first-order valence-corrected chi connectivity index (χ1v) is 7.53. The van der Waals surface area contributed by atoms with E-state index in [0.29, 0.717) is 0 Å². The van der Waals surface area contributed by atoms with Gasteiger partial charge in [-0.15, -0.1) is 0 Å². The molecular weight excluding hydrogens is 222 g/mol. The van der Waals surface area contributed by atoms with Crippen LogP contribution in [0.2, 0.25) is 0 Å². The van der Waals surface area contributed by atoms with Crippen molar-refractivity contribution in [3.63, 3.8) is 0 Å². The van der Waals surface area contributed by atoms with Gasteiger partial charge in [0.2, 0.25) is 0 Å². The molecule has 0 spiro atoms. The molecule has 3 heteroatoms. The van der Waals surface area contributed by atoms with E-state index in [9.17, 15) is 0 Å². The van der Waals surface area contributed by atoms with Crippen LogP contribution in [-0.4, -0.2) is 35.2 Å². The molecular formula is C15H23N3. The first kappa shape index (κ1) is 11.0. The fourth-order valence-electron chi connectivity index (χ4n) is 3.91. The zero-order valence-electron chi connectivity index (χ0n) is 11.3. The Balaban J connectivity index is 1.58. The predicted octanol–water partition coefficient (Wildman–Crippen LogP) is 2.03. The van der Waals surface area contributed by atoms with Gasteiger partial charge in [-0.3, -0.25) is 5.10 Å². The molecule has 3 nitrogen and oxygen atoms in total. The molecule has 1 saturated carbocycles. The highest BCUT2D eigenvalue weighted by atomic mass is 15.1. The van der Waals surface area contributed by atoms with Gasteiger partial charge in [0.15, 0.2) is 0 Å². The average Bonchev–Trinajstić information content (AvgIpc) is 3.10. The van der Waals surface area contributed by atoms with Gasteiger partial charge in [-0.05, 0) is 75.4 Å². The molecule has 1 aliphatic heterocycles. The number of rotatable bonds is 2. The molecule has 2 aliphatic carbocycles. The summed E-state index contributed by atoms with van der Waals surface area (Å²) in [5.41, 5.74) is 4.47. The van der Waals surface area contributed by atoms with Crippen LogP contribution in [0.4, 0.5) is 0 Å². The second-order valence-corrected chi connectivity index (χ2v) is 6.75. The number of aromatic amines is 1. The average molecular weight is 245 g/mol. The number of nitrogens with one attached hydrogen (secondary N) is 1. The molecule has 2 heterocycles. The molecule has 0 radical (unpaired) electrons. The zero-order valence-corrected chi connectivity index (χ0v) is 11.3. The van der Waals surface area contributed by atoms with Gasteiger partial charge < -0.3 is 4.90 Å². The van der Waals surface area contributed by atoms with Crippen LogP contribution in [0.1, 0.15) is 36.2 Å². The molecule has 1 saturated heterocycles. The van der Waals surface area contributed by atoms with Crippen LogP contribution in [0.25, 0.3) is 0 Å². The lowest BCUT2D eigenvalue weighted by Crippen LogP contribution is -2.41. The lowest BCUT2D eigenvalue weighted by molar-refractivity contribution is 0.133. The minimum absolute atomic E-state index is 0.881. The molecule has 98 valence electrons. The van der Waals surface area contributed by atoms with E-state index in [0.717, 1.165) is 17.8 Å². The lowest BCUT2D eigenvalue weighted by Gasteiger charge is -2.39. The molecule has 18 heavy (non-hydrogen) atoms. The van der Waals surface area contributed by atoms with Gasteiger partial charge in [-0.25, -0.2) is 0 Å². The molecule has 4 rings (SSSR count). The topological polar surface area (TPSA) is 31.9 Å². The number of fused-ring (bicyclic) bond motifs is 2. The summed E-state index contributed by atoms with van der Waals surface area (Å²) in [5, 5.41) is 7.96. The van der Waals surface area contributed by atoms with E-state index in [-0.39, 0.29) is 0 Å². The molecule has 0 bridgehead atoms. The Morgan fingerprint density at radius 2 is 2.11 bits per heavy atom. The summed E-state index contributed by atoms with van der Waals surface area (Å²) in [4.78, 5) is 2.51. The van der Waals surface area contributed by atoms with Gasteiger partial charge in [0.1, 0.15) is 0 Å². The maximum absolute atomic E-state index is 4.62. The van der Waals surface area contributed by atoms with Crippen molar-refractivity contribution in [1.82, 2.24) is 15.1 Å². The van der Waals surface area contributed by atoms with E-state index in [1.54, 1.807) is 5.56 Å². The fourth-order valence-corrected chi connectivity index (χ4v) is 3.91. The third kappa shape index (κ3) is 1.89. The summed E-state index contributed by atoms with van der Waals surface area (Å²) in [6.07, 6.45) is 8.00. The Morgan fingerprint density at radius 3 is 2.94 bits per heavy atom. The van der Waals surface area contributed by atoms with Crippen LogP contribution < -0.4 is 0 Å². The first-order chi connectivity index (χ1) is 8.79. The molecule has 1 aromatic rings. The number of piperidine rings is 1. The van der Waals surface area contributed by atoms with Crippen molar-refractivity contribution < 1.29 is 0 Å². The standard InChI is InChI=1S/C15H23N3/c1-18-5-4-11-8-15-13(7-12(11)9-18)14(16-17-15)6-10-2-3-10/h10-12H,2-9H2,1H3,(H,16,17)/t11-,12+/m1/s1. The van der Waals surface area contributed by atoms with Crippen molar-refractivity contribution in [2.45, 2.75) is 38.5 Å². The smallest absolute Gasteiger partial charge is 0.0659 e. The second kappa shape index (κ2) is 4.09. The molecule has 0 aromatic carbocycles. The summed E-state index contributed by atoms with van der Waals surface area (Å²) in [5.74, 6) is 2.74. The molecule has 3 aliphatic rings. The Kier molecular flexibility index (Phi) is 2.51. The number of H-pyrrole nitrogens is 1. The number of aromatic nitrogens is 2. The third-order valence-corrected chi connectivity index (χ3v) is 5.24. The summed E-state index contributed by atoms with van der Waals surface area (Å²) in [6, 6.07) is 0. The van der Waals surface area contributed by atoms with Crippen LogP contribution in [0, 0.1) is 17.8 Å². The van der Waals surface area contributed by atoms with Crippen molar-refractivity contribution in [3.8, 4) is 0 Å². The summed E-state index contributed by atoms with van der Waals surface area (Å²) in [7, 11) is 2.27. The largest absolute Gasteiger partial charge is 0.306 e. The van der Waals surface area contributed by atoms with Gasteiger partial charge in [0.05, 0.1) is 5.69 Å². The van der Waals surface area contributed by atoms with Crippen LogP contribution >= 0.6 is 0 Å². The molecule has 0 unspecified atom stereocenters. The fraction of sp³-hybridized carbons (Fsp3) is 0.800. The molecule has 0 amide bonds. The van der Waals surface area contributed by atoms with E-state index in [1.807, 2.05) is 0 Å². The highest BCUT2D eigenvalue weighted by Gasteiger charge is 2.35. The maximum atomic E-state index is 4.62. The molecule has 2 atom stereocenters. The highest BCUT2D eigenvalue weighted by molar-refractivity contribution is 5.30. The number of hydrogen-bond donors (Lipinski definition) is 1. The SMILES string of the molecule is CN1CC[C@@H]2Cc3[nH]nc(CC4CC4)c3C[C@H]2C1. The molecule has 1 aromatic heterocycles. The quantitative estimate of drug-likeness (QED) is 0.864. The Morgan fingerprint density at radius 1 is 1.22 bits per heavy atom. The van der Waals surface area contributed by atoms with Crippen LogP contribution in [0.15, 0.2) is 0 Å². The molecule has 2 fully saturated rings. The number of nitrogens with zero attached hydrogens (tertiary/aromatic N) is 2. The normalized spacial score (nSPS) is 32.1. The summed E-state index contributed by atoms with van der Waals surface area (Å²) < 4.78 is 0. The van der Waals surface area contributed by atoms with Gasteiger partial charge >= 0.3 is 0 Å². The van der Waals surface area contributed by atoms with Crippen molar-refractivity contribution in [2.75, 3.05) is 20.1 Å². The summed E-state index contributed by atoms with van der Waals surface area (Å²) in [6.45, 7) is 2.57. The van der Waals surface area contributed by atoms with Gasteiger partial charge in [0.25, 0.3) is 0 Å². The van der Waals surface area contributed by atoms with Gasteiger partial charge in [-0.2, -0.15) is 5.10 Å². The number of likely N-dealkylation sites (tertiary alicyclic amines) is 1. The Bertz CT molecular complexity index is 447. The lowest BCUT2D eigenvalue weighted by atomic mass is 9.74. The van der Waals surface area contributed by atoms with Crippen molar-refractivity contribution in [3.05, 3.63) is 17.0 Å². The van der Waals surface area contributed by atoms with E-state index >= 15 is 0 Å². The highest BCUT2D eigenvalue weighted by Crippen LogP contribution is 2.38. The second-order valence-electron chi connectivity index (χ2n) is 6.75. The number of hydrogen-bond acceptors (Lipinski definition) is 2.